The molecule has 0 saturated carbocycles. The average molecular weight is 341 g/mol. The van der Waals surface area contributed by atoms with Gasteiger partial charge in [0.05, 0.1) is 18.8 Å². The molecule has 134 valence electrons. The van der Waals surface area contributed by atoms with Crippen LogP contribution in [0.15, 0.2) is 30.5 Å². The summed E-state index contributed by atoms with van der Waals surface area (Å²) in [6.45, 7) is 6.95. The van der Waals surface area contributed by atoms with Crippen LogP contribution < -0.4 is 0 Å². The van der Waals surface area contributed by atoms with E-state index in [0.29, 0.717) is 26.1 Å². The van der Waals surface area contributed by atoms with Crippen molar-refractivity contribution in [1.82, 2.24) is 14.7 Å². The lowest BCUT2D eigenvalue weighted by atomic mass is 9.95. The van der Waals surface area contributed by atoms with Crippen molar-refractivity contribution >= 4 is 5.91 Å². The summed E-state index contributed by atoms with van der Waals surface area (Å²) in [4.78, 5) is 14.7. The van der Waals surface area contributed by atoms with Crippen molar-refractivity contribution in [1.29, 1.82) is 0 Å². The van der Waals surface area contributed by atoms with Crippen molar-refractivity contribution in [3.05, 3.63) is 52.8 Å². The Bertz CT molecular complexity index is 738. The standard InChI is InChI=1S/C20H27N3O2/c1-4-23-12-18-17(14-25-3)11-22(13-19(18)21-23)20(24)10-9-16-8-6-5-7-15(16)2/h5-8,12,17H,4,9-11,13-14H2,1-3H3. The summed E-state index contributed by atoms with van der Waals surface area (Å²) >= 11 is 0. The third-order valence-corrected chi connectivity index (χ3v) is 5.01. The number of aryl methyl sites for hydroxylation is 3. The fourth-order valence-corrected chi connectivity index (χ4v) is 3.54. The topological polar surface area (TPSA) is 47.4 Å². The fraction of sp³-hybridized carbons (Fsp3) is 0.500. The molecule has 0 saturated heterocycles. The van der Waals surface area contributed by atoms with Crippen LogP contribution in [-0.4, -0.2) is 40.8 Å². The predicted octanol–water partition coefficient (Wildman–Crippen LogP) is 2.92. The van der Waals surface area contributed by atoms with Crippen molar-refractivity contribution in [3.8, 4) is 0 Å². The molecule has 0 aliphatic carbocycles. The molecule has 0 fully saturated rings. The molecule has 1 aliphatic heterocycles. The average Bonchev–Trinajstić information content (AvgIpc) is 3.04. The molecule has 5 heteroatoms. The number of fused-ring (bicyclic) bond motifs is 1. The minimum absolute atomic E-state index is 0.195. The Balaban J connectivity index is 1.69. The van der Waals surface area contributed by atoms with Crippen molar-refractivity contribution < 1.29 is 9.53 Å². The minimum atomic E-state index is 0.195. The Morgan fingerprint density at radius 1 is 1.36 bits per heavy atom. The Morgan fingerprint density at radius 2 is 2.16 bits per heavy atom. The Labute approximate surface area is 149 Å². The molecule has 1 atom stereocenters. The number of carbonyl (C=O) groups is 1. The van der Waals surface area contributed by atoms with E-state index in [0.717, 1.165) is 18.7 Å². The second-order valence-electron chi connectivity index (χ2n) is 6.74. The van der Waals surface area contributed by atoms with E-state index >= 15 is 0 Å². The summed E-state index contributed by atoms with van der Waals surface area (Å²) in [5, 5.41) is 4.63. The molecule has 0 bridgehead atoms. The number of amides is 1. The van der Waals surface area contributed by atoms with E-state index in [2.05, 4.69) is 37.3 Å². The second-order valence-corrected chi connectivity index (χ2v) is 6.74. The van der Waals surface area contributed by atoms with Gasteiger partial charge in [-0.1, -0.05) is 24.3 Å². The number of methoxy groups -OCH3 is 1. The SMILES string of the molecule is CCn1cc2c(n1)CN(C(=O)CCc1ccccc1C)CC2COC. The summed E-state index contributed by atoms with van der Waals surface area (Å²) in [6.07, 6.45) is 3.43. The van der Waals surface area contributed by atoms with Gasteiger partial charge in [0.2, 0.25) is 5.91 Å². The molecule has 1 aliphatic rings. The maximum atomic E-state index is 12.8. The summed E-state index contributed by atoms with van der Waals surface area (Å²) in [5.41, 5.74) is 4.73. The minimum Gasteiger partial charge on any atom is -0.384 e. The van der Waals surface area contributed by atoms with Crippen LogP contribution in [0, 0.1) is 6.92 Å². The zero-order valence-corrected chi connectivity index (χ0v) is 15.4. The van der Waals surface area contributed by atoms with E-state index in [4.69, 9.17) is 4.74 Å². The molecular weight excluding hydrogens is 314 g/mol. The van der Waals surface area contributed by atoms with Gasteiger partial charge in [0.1, 0.15) is 0 Å². The van der Waals surface area contributed by atoms with Crippen LogP contribution in [0.25, 0.3) is 0 Å². The van der Waals surface area contributed by atoms with Crippen LogP contribution in [0.4, 0.5) is 0 Å². The Morgan fingerprint density at radius 3 is 2.88 bits per heavy atom. The van der Waals surface area contributed by atoms with E-state index in [1.165, 1.54) is 16.7 Å². The lowest BCUT2D eigenvalue weighted by Crippen LogP contribution is -2.39. The highest BCUT2D eigenvalue weighted by Gasteiger charge is 2.30. The number of ether oxygens (including phenoxy) is 1. The maximum absolute atomic E-state index is 12.8. The number of benzene rings is 1. The lowest BCUT2D eigenvalue weighted by Gasteiger charge is -2.32. The van der Waals surface area contributed by atoms with E-state index in [-0.39, 0.29) is 11.8 Å². The van der Waals surface area contributed by atoms with Gasteiger partial charge >= 0.3 is 0 Å². The van der Waals surface area contributed by atoms with Gasteiger partial charge in [0.15, 0.2) is 0 Å². The number of rotatable bonds is 6. The van der Waals surface area contributed by atoms with Crippen molar-refractivity contribution in [2.75, 3.05) is 20.3 Å². The van der Waals surface area contributed by atoms with Gasteiger partial charge in [-0.15, -0.1) is 0 Å². The van der Waals surface area contributed by atoms with Crippen LogP contribution >= 0.6 is 0 Å². The summed E-state index contributed by atoms with van der Waals surface area (Å²) < 4.78 is 7.33. The first-order valence-electron chi connectivity index (χ1n) is 8.99. The number of aromatic nitrogens is 2. The van der Waals surface area contributed by atoms with E-state index < -0.39 is 0 Å². The first-order chi connectivity index (χ1) is 12.1. The van der Waals surface area contributed by atoms with Gasteiger partial charge in [-0.25, -0.2) is 0 Å². The van der Waals surface area contributed by atoms with E-state index in [1.54, 1.807) is 7.11 Å². The summed E-state index contributed by atoms with van der Waals surface area (Å²) in [6, 6.07) is 8.27. The second kappa shape index (κ2) is 7.83. The molecule has 2 heterocycles. The molecule has 2 aromatic rings. The van der Waals surface area contributed by atoms with Crippen LogP contribution in [0.1, 0.15) is 41.6 Å². The molecule has 0 spiro atoms. The van der Waals surface area contributed by atoms with Crippen LogP contribution in [-0.2, 0) is 29.0 Å². The molecular formula is C20H27N3O2. The van der Waals surface area contributed by atoms with Crippen LogP contribution in [0.3, 0.4) is 0 Å². The Kier molecular flexibility index (Phi) is 5.53. The van der Waals surface area contributed by atoms with E-state index in [1.807, 2.05) is 21.7 Å². The fourth-order valence-electron chi connectivity index (χ4n) is 3.54. The number of hydrogen-bond donors (Lipinski definition) is 0. The van der Waals surface area contributed by atoms with Crippen molar-refractivity contribution in [2.24, 2.45) is 0 Å². The highest BCUT2D eigenvalue weighted by Crippen LogP contribution is 2.28. The summed E-state index contributed by atoms with van der Waals surface area (Å²) in [7, 11) is 1.71. The van der Waals surface area contributed by atoms with Crippen LogP contribution in [0.2, 0.25) is 0 Å². The highest BCUT2D eigenvalue weighted by molar-refractivity contribution is 5.77. The quantitative estimate of drug-likeness (QED) is 0.812. The van der Waals surface area contributed by atoms with Gasteiger partial charge in [0, 0.05) is 44.3 Å². The third kappa shape index (κ3) is 3.93. The number of nitrogens with zero attached hydrogens (tertiary/aromatic N) is 3. The summed E-state index contributed by atoms with van der Waals surface area (Å²) in [5.74, 6) is 0.400. The zero-order chi connectivity index (χ0) is 17.8. The smallest absolute Gasteiger partial charge is 0.223 e. The molecule has 1 aromatic heterocycles. The molecule has 25 heavy (non-hydrogen) atoms. The number of carbonyl (C=O) groups excluding carboxylic acids is 1. The molecule has 1 aromatic carbocycles. The lowest BCUT2D eigenvalue weighted by molar-refractivity contribution is -0.132. The van der Waals surface area contributed by atoms with Gasteiger partial charge in [-0.3, -0.25) is 9.48 Å². The molecule has 5 nitrogen and oxygen atoms in total. The molecule has 0 radical (unpaired) electrons. The van der Waals surface area contributed by atoms with Crippen molar-refractivity contribution in [3.63, 3.8) is 0 Å². The molecule has 0 N–H and O–H groups in total. The first kappa shape index (κ1) is 17.7. The van der Waals surface area contributed by atoms with E-state index in [9.17, 15) is 4.79 Å². The normalized spacial score (nSPS) is 16.8. The monoisotopic (exact) mass is 341 g/mol. The van der Waals surface area contributed by atoms with Gasteiger partial charge in [-0.05, 0) is 31.4 Å². The highest BCUT2D eigenvalue weighted by atomic mass is 16.5. The van der Waals surface area contributed by atoms with Gasteiger partial charge < -0.3 is 9.64 Å². The van der Waals surface area contributed by atoms with Gasteiger partial charge in [0.25, 0.3) is 0 Å². The predicted molar refractivity (Wildman–Crippen MR) is 97.4 cm³/mol. The third-order valence-electron chi connectivity index (χ3n) is 5.01. The zero-order valence-electron chi connectivity index (χ0n) is 15.4. The molecule has 1 unspecified atom stereocenters. The van der Waals surface area contributed by atoms with Gasteiger partial charge in [-0.2, -0.15) is 5.10 Å². The van der Waals surface area contributed by atoms with Crippen molar-refractivity contribution in [2.45, 2.75) is 45.7 Å². The first-order valence-corrected chi connectivity index (χ1v) is 8.99. The maximum Gasteiger partial charge on any atom is 0.223 e. The Hall–Kier alpha value is -2.14. The largest absolute Gasteiger partial charge is 0.384 e. The molecule has 3 rings (SSSR count). The van der Waals surface area contributed by atoms with Crippen LogP contribution in [0.5, 0.6) is 0 Å². The molecule has 1 amide bonds. The number of hydrogen-bond acceptors (Lipinski definition) is 3.